The minimum absolute atomic E-state index is 0.114. The van der Waals surface area contributed by atoms with Crippen molar-refractivity contribution in [2.24, 2.45) is 0 Å². The zero-order chi connectivity index (χ0) is 22.1. The molecule has 164 valence electrons. The van der Waals surface area contributed by atoms with E-state index in [0.717, 1.165) is 38.4 Å². The molecule has 0 spiro atoms. The van der Waals surface area contributed by atoms with E-state index < -0.39 is 23.8 Å². The number of piperidine rings is 1. The molecule has 1 aliphatic heterocycles. The highest BCUT2D eigenvalue weighted by atomic mass is 19.3. The van der Waals surface area contributed by atoms with Crippen LogP contribution in [0.25, 0.3) is 11.0 Å². The second kappa shape index (κ2) is 8.56. The lowest BCUT2D eigenvalue weighted by molar-refractivity contribution is 0.146. The Labute approximate surface area is 177 Å². The third-order valence-electron chi connectivity index (χ3n) is 5.61. The number of nitrogens with one attached hydrogen (secondary N) is 2. The Kier molecular flexibility index (Phi) is 5.84. The number of fused-ring (bicyclic) bond motifs is 1. The van der Waals surface area contributed by atoms with Gasteiger partial charge in [-0.1, -0.05) is 18.2 Å². The van der Waals surface area contributed by atoms with Crippen molar-refractivity contribution >= 4 is 22.5 Å². The third-order valence-corrected chi connectivity index (χ3v) is 5.61. The second-order valence-electron chi connectivity index (χ2n) is 7.83. The summed E-state index contributed by atoms with van der Waals surface area (Å²) in [5.74, 6) is -0.105. The molecule has 3 aromatic rings. The van der Waals surface area contributed by atoms with Crippen molar-refractivity contribution in [2.75, 3.05) is 23.3 Å². The summed E-state index contributed by atoms with van der Waals surface area (Å²) >= 11 is 0. The van der Waals surface area contributed by atoms with Gasteiger partial charge in [-0.05, 0) is 39.2 Å². The van der Waals surface area contributed by atoms with E-state index in [0.29, 0.717) is 28.4 Å². The fourth-order valence-corrected chi connectivity index (χ4v) is 4.02. The minimum Gasteiger partial charge on any atom is -0.367 e. The van der Waals surface area contributed by atoms with Crippen molar-refractivity contribution in [3.05, 3.63) is 57.4 Å². The fourth-order valence-electron chi connectivity index (χ4n) is 4.02. The Balaban J connectivity index is 1.75. The number of anilines is 2. The normalized spacial score (nSPS) is 15.5. The number of pyridine rings is 1. The summed E-state index contributed by atoms with van der Waals surface area (Å²) in [4.78, 5) is 26.3. The van der Waals surface area contributed by atoms with E-state index in [-0.39, 0.29) is 11.1 Å². The predicted molar refractivity (Wildman–Crippen MR) is 114 cm³/mol. The van der Waals surface area contributed by atoms with Crippen LogP contribution < -0.4 is 15.8 Å². The number of halogens is 3. The largest absolute Gasteiger partial charge is 0.367 e. The van der Waals surface area contributed by atoms with E-state index in [1.165, 1.54) is 12.1 Å². The molecule has 31 heavy (non-hydrogen) atoms. The first-order valence-electron chi connectivity index (χ1n) is 10.3. The first-order valence-corrected chi connectivity index (χ1v) is 10.3. The molecule has 3 heterocycles. The topological polar surface area (TPSA) is 73.9 Å². The summed E-state index contributed by atoms with van der Waals surface area (Å²) in [6, 6.07) is 5.07. The van der Waals surface area contributed by atoms with E-state index in [9.17, 15) is 18.0 Å². The van der Waals surface area contributed by atoms with Crippen LogP contribution in [0, 0.1) is 12.7 Å². The molecule has 0 unspecified atom stereocenters. The van der Waals surface area contributed by atoms with Crippen LogP contribution in [-0.2, 0) is 0 Å². The molecule has 0 aliphatic carbocycles. The van der Waals surface area contributed by atoms with E-state index in [2.05, 4.69) is 20.3 Å². The maximum absolute atomic E-state index is 14.6. The van der Waals surface area contributed by atoms with Crippen LogP contribution >= 0.6 is 0 Å². The Morgan fingerprint density at radius 3 is 2.55 bits per heavy atom. The van der Waals surface area contributed by atoms with Crippen molar-refractivity contribution < 1.29 is 13.2 Å². The van der Waals surface area contributed by atoms with Gasteiger partial charge in [0.2, 0.25) is 0 Å². The molecule has 0 saturated carbocycles. The average molecular weight is 431 g/mol. The molecular weight excluding hydrogens is 407 g/mol. The fraction of sp³-hybridized carbons (Fsp3) is 0.409. The molecule has 6 nitrogen and oxygen atoms in total. The number of H-pyrrole nitrogens is 1. The van der Waals surface area contributed by atoms with Crippen LogP contribution in [0.15, 0.2) is 29.1 Å². The Hall–Kier alpha value is -3.10. The van der Waals surface area contributed by atoms with Gasteiger partial charge in [-0.2, -0.15) is 0 Å². The van der Waals surface area contributed by atoms with Gasteiger partial charge in [-0.15, -0.1) is 0 Å². The molecular formula is C22H24F3N5O. The smallest absolute Gasteiger partial charge is 0.273 e. The molecule has 2 N–H and O–H groups in total. The lowest BCUT2D eigenvalue weighted by atomic mass is 10.0. The van der Waals surface area contributed by atoms with E-state index in [4.69, 9.17) is 0 Å². The van der Waals surface area contributed by atoms with Crippen LogP contribution in [0.4, 0.5) is 24.7 Å². The van der Waals surface area contributed by atoms with Gasteiger partial charge < -0.3 is 15.2 Å². The van der Waals surface area contributed by atoms with Crippen LogP contribution in [0.3, 0.4) is 0 Å². The highest BCUT2D eigenvalue weighted by Crippen LogP contribution is 2.30. The number of rotatable bonds is 5. The Morgan fingerprint density at radius 1 is 1.13 bits per heavy atom. The van der Waals surface area contributed by atoms with Gasteiger partial charge in [-0.25, -0.2) is 23.1 Å². The third kappa shape index (κ3) is 4.22. The van der Waals surface area contributed by atoms with Crippen molar-refractivity contribution in [2.45, 2.75) is 45.6 Å². The number of aryl methyl sites for hydroxylation is 1. The highest BCUT2D eigenvalue weighted by molar-refractivity contribution is 5.89. The molecule has 1 aromatic carbocycles. The lowest BCUT2D eigenvalue weighted by Crippen LogP contribution is -2.33. The Morgan fingerprint density at radius 2 is 1.84 bits per heavy atom. The minimum atomic E-state index is -2.90. The van der Waals surface area contributed by atoms with Gasteiger partial charge in [0.25, 0.3) is 12.0 Å². The summed E-state index contributed by atoms with van der Waals surface area (Å²) in [6.07, 6.45) is 0.275. The monoisotopic (exact) mass is 431 g/mol. The summed E-state index contributed by atoms with van der Waals surface area (Å²) < 4.78 is 40.8. The summed E-state index contributed by atoms with van der Waals surface area (Å²) in [5, 5.41) is 3.71. The number of nitrogens with zero attached hydrogens (tertiary/aromatic N) is 3. The zero-order valence-corrected chi connectivity index (χ0v) is 17.4. The van der Waals surface area contributed by atoms with Gasteiger partial charge >= 0.3 is 0 Å². The van der Waals surface area contributed by atoms with Gasteiger partial charge in [0, 0.05) is 18.7 Å². The summed E-state index contributed by atoms with van der Waals surface area (Å²) in [6.45, 7) is 4.95. The van der Waals surface area contributed by atoms with Crippen LogP contribution in [0.5, 0.6) is 0 Å². The average Bonchev–Trinajstić information content (AvgIpc) is 2.73. The zero-order valence-electron chi connectivity index (χ0n) is 17.4. The molecule has 1 atom stereocenters. The molecule has 2 aromatic heterocycles. The molecule has 9 heteroatoms. The standard InChI is InChI=1S/C22H24F3N5O/c1-12(14-7-6-8-15(18(14)23)19(24)25)26-20-16-11-17(30-9-4-3-5-10-30)22(31)29-21(16)28-13(2)27-20/h6-8,11-12,19H,3-5,9-10H2,1-2H3,(H2,26,27,28,29,31)/t12-/m1/s1. The molecule has 0 bridgehead atoms. The summed E-state index contributed by atoms with van der Waals surface area (Å²) in [7, 11) is 0. The van der Waals surface area contributed by atoms with Crippen LogP contribution in [-0.4, -0.2) is 28.0 Å². The van der Waals surface area contributed by atoms with Crippen LogP contribution in [0.2, 0.25) is 0 Å². The number of aromatic nitrogens is 3. The number of benzene rings is 1. The molecule has 0 amide bonds. The lowest BCUT2D eigenvalue weighted by Gasteiger charge is -2.28. The number of hydrogen-bond acceptors (Lipinski definition) is 5. The van der Waals surface area contributed by atoms with Crippen molar-refractivity contribution in [3.63, 3.8) is 0 Å². The van der Waals surface area contributed by atoms with Gasteiger partial charge in [0.15, 0.2) is 0 Å². The van der Waals surface area contributed by atoms with E-state index in [1.807, 2.05) is 4.90 Å². The van der Waals surface area contributed by atoms with Crippen LogP contribution in [0.1, 0.15) is 55.6 Å². The Bertz CT molecular complexity index is 1160. The highest BCUT2D eigenvalue weighted by Gasteiger charge is 2.21. The van der Waals surface area contributed by atoms with E-state index in [1.54, 1.807) is 19.9 Å². The van der Waals surface area contributed by atoms with Gasteiger partial charge in [-0.3, -0.25) is 4.79 Å². The molecule has 1 fully saturated rings. The summed E-state index contributed by atoms with van der Waals surface area (Å²) in [5.41, 5.74) is 0.174. The number of alkyl halides is 2. The maximum atomic E-state index is 14.6. The maximum Gasteiger partial charge on any atom is 0.273 e. The molecule has 1 aliphatic rings. The van der Waals surface area contributed by atoms with Crippen molar-refractivity contribution in [1.29, 1.82) is 0 Å². The van der Waals surface area contributed by atoms with Gasteiger partial charge in [0.1, 0.15) is 28.8 Å². The number of hydrogen-bond donors (Lipinski definition) is 2. The second-order valence-corrected chi connectivity index (χ2v) is 7.83. The number of aromatic amines is 1. The van der Waals surface area contributed by atoms with E-state index >= 15 is 0 Å². The van der Waals surface area contributed by atoms with Gasteiger partial charge in [0.05, 0.1) is 17.0 Å². The van der Waals surface area contributed by atoms with Crippen molar-refractivity contribution in [1.82, 2.24) is 15.0 Å². The molecule has 1 saturated heterocycles. The molecule has 0 radical (unpaired) electrons. The molecule has 4 rings (SSSR count). The first kappa shape index (κ1) is 21.1. The van der Waals surface area contributed by atoms with Crippen molar-refractivity contribution in [3.8, 4) is 0 Å². The quantitative estimate of drug-likeness (QED) is 0.603. The predicted octanol–water partition coefficient (Wildman–Crippen LogP) is 4.87. The first-order chi connectivity index (χ1) is 14.8. The SMILES string of the molecule is Cc1nc(N[C@H](C)c2cccc(C(F)F)c2F)c2cc(N3CCCCC3)c(=O)[nH]c2n1.